The lowest BCUT2D eigenvalue weighted by atomic mass is 9.98. The fourth-order valence-electron chi connectivity index (χ4n) is 2.51. The van der Waals surface area contributed by atoms with Crippen molar-refractivity contribution in [2.24, 2.45) is 5.73 Å². The minimum absolute atomic E-state index is 0.228. The molecule has 2 nitrogen and oxygen atoms in total. The third kappa shape index (κ3) is 3.61. The molecule has 0 aliphatic heterocycles. The van der Waals surface area contributed by atoms with E-state index >= 15 is 0 Å². The van der Waals surface area contributed by atoms with Crippen LogP contribution in [0.2, 0.25) is 0 Å². The Morgan fingerprint density at radius 1 is 1.10 bits per heavy atom. The highest BCUT2D eigenvalue weighted by molar-refractivity contribution is 5.37. The second-order valence-corrected chi connectivity index (χ2v) is 5.54. The molecule has 0 aliphatic rings. The Balaban J connectivity index is 2.23. The summed E-state index contributed by atoms with van der Waals surface area (Å²) in [4.78, 5) is 0. The summed E-state index contributed by atoms with van der Waals surface area (Å²) < 4.78 is 19.7. The highest BCUT2D eigenvalue weighted by atomic mass is 19.1. The van der Waals surface area contributed by atoms with Gasteiger partial charge in [0, 0.05) is 12.1 Å². The van der Waals surface area contributed by atoms with Crippen molar-refractivity contribution in [2.75, 3.05) is 6.54 Å². The molecule has 1 unspecified atom stereocenters. The van der Waals surface area contributed by atoms with Crippen LogP contribution in [0, 0.1) is 12.7 Å². The first-order valence-corrected chi connectivity index (χ1v) is 7.24. The van der Waals surface area contributed by atoms with Gasteiger partial charge in [0.25, 0.3) is 0 Å². The van der Waals surface area contributed by atoms with Gasteiger partial charge >= 0.3 is 0 Å². The summed E-state index contributed by atoms with van der Waals surface area (Å²) >= 11 is 0. The van der Waals surface area contributed by atoms with Gasteiger partial charge < -0.3 is 10.5 Å². The number of rotatable bonds is 5. The Kier molecular flexibility index (Phi) is 4.97. The summed E-state index contributed by atoms with van der Waals surface area (Å²) in [7, 11) is 0. The largest absolute Gasteiger partial charge is 0.484 e. The van der Waals surface area contributed by atoms with Gasteiger partial charge in [-0.2, -0.15) is 0 Å². The highest BCUT2D eigenvalue weighted by Gasteiger charge is 2.16. The van der Waals surface area contributed by atoms with Crippen molar-refractivity contribution in [3.8, 4) is 5.75 Å². The maximum absolute atomic E-state index is 13.8. The molecule has 2 aromatic rings. The van der Waals surface area contributed by atoms with Gasteiger partial charge in [-0.25, -0.2) is 4.39 Å². The molecule has 21 heavy (non-hydrogen) atoms. The molecule has 0 aromatic heterocycles. The molecule has 112 valence electrons. The van der Waals surface area contributed by atoms with E-state index in [1.54, 1.807) is 18.2 Å². The SMILES string of the molecule is Cc1cc(OC(CN)c2ccccc2F)ccc1C(C)C. The van der Waals surface area contributed by atoms with E-state index in [0.29, 0.717) is 11.5 Å². The second-order valence-electron chi connectivity index (χ2n) is 5.54. The Labute approximate surface area is 125 Å². The van der Waals surface area contributed by atoms with E-state index in [9.17, 15) is 4.39 Å². The van der Waals surface area contributed by atoms with Crippen LogP contribution in [-0.2, 0) is 0 Å². The first kappa shape index (κ1) is 15.5. The van der Waals surface area contributed by atoms with Crippen molar-refractivity contribution >= 4 is 0 Å². The van der Waals surface area contributed by atoms with E-state index in [2.05, 4.69) is 26.8 Å². The molecule has 2 aromatic carbocycles. The minimum atomic E-state index is -0.476. The van der Waals surface area contributed by atoms with E-state index < -0.39 is 6.10 Å². The first-order valence-electron chi connectivity index (χ1n) is 7.24. The molecule has 0 spiro atoms. The standard InChI is InChI=1S/C18H22FNO/c1-12(2)15-9-8-14(10-13(15)3)21-18(11-20)16-6-4-5-7-17(16)19/h4-10,12,18H,11,20H2,1-3H3. The van der Waals surface area contributed by atoms with Gasteiger partial charge in [-0.05, 0) is 42.2 Å². The van der Waals surface area contributed by atoms with E-state index in [4.69, 9.17) is 10.5 Å². The van der Waals surface area contributed by atoms with Crippen molar-refractivity contribution in [3.05, 3.63) is 65.0 Å². The van der Waals surface area contributed by atoms with Crippen molar-refractivity contribution in [3.63, 3.8) is 0 Å². The molecule has 3 heteroatoms. The summed E-state index contributed by atoms with van der Waals surface area (Å²) in [6.07, 6.45) is -0.476. The lowest BCUT2D eigenvalue weighted by Gasteiger charge is -2.20. The summed E-state index contributed by atoms with van der Waals surface area (Å²) in [5, 5.41) is 0. The summed E-state index contributed by atoms with van der Waals surface area (Å²) in [6, 6.07) is 12.6. The highest BCUT2D eigenvalue weighted by Crippen LogP contribution is 2.27. The number of benzene rings is 2. The Hall–Kier alpha value is -1.87. The molecule has 0 heterocycles. The monoisotopic (exact) mass is 287 g/mol. The topological polar surface area (TPSA) is 35.2 Å². The molecule has 0 aliphatic carbocycles. The Morgan fingerprint density at radius 3 is 2.38 bits per heavy atom. The van der Waals surface area contributed by atoms with Crippen molar-refractivity contribution < 1.29 is 9.13 Å². The predicted octanol–water partition coefficient (Wildman–Crippen LogP) is 4.34. The van der Waals surface area contributed by atoms with Crippen LogP contribution in [0.3, 0.4) is 0 Å². The second kappa shape index (κ2) is 6.72. The Bertz CT molecular complexity index is 610. The molecular weight excluding hydrogens is 265 g/mol. The lowest BCUT2D eigenvalue weighted by Crippen LogP contribution is -2.19. The van der Waals surface area contributed by atoms with Gasteiger partial charge in [0.2, 0.25) is 0 Å². The number of halogens is 1. The van der Waals surface area contributed by atoms with Crippen LogP contribution in [0.15, 0.2) is 42.5 Å². The number of hydrogen-bond acceptors (Lipinski definition) is 2. The number of nitrogens with two attached hydrogens (primary N) is 1. The molecule has 0 saturated carbocycles. The lowest BCUT2D eigenvalue weighted by molar-refractivity contribution is 0.209. The molecular formula is C18H22FNO. The van der Waals surface area contributed by atoms with Gasteiger partial charge in [-0.1, -0.05) is 38.1 Å². The summed E-state index contributed by atoms with van der Waals surface area (Å²) in [5.41, 5.74) is 8.70. The van der Waals surface area contributed by atoms with Gasteiger partial charge in [0.1, 0.15) is 17.7 Å². The zero-order valence-electron chi connectivity index (χ0n) is 12.8. The van der Waals surface area contributed by atoms with Crippen LogP contribution in [0.1, 0.15) is 42.6 Å². The molecule has 0 radical (unpaired) electrons. The van der Waals surface area contributed by atoms with Crippen LogP contribution < -0.4 is 10.5 Å². The molecule has 0 bridgehead atoms. The Morgan fingerprint density at radius 2 is 1.81 bits per heavy atom. The average Bonchev–Trinajstić information content (AvgIpc) is 2.45. The normalized spacial score (nSPS) is 12.5. The number of aryl methyl sites for hydroxylation is 1. The maximum Gasteiger partial charge on any atom is 0.139 e. The number of ether oxygens (including phenoxy) is 1. The van der Waals surface area contributed by atoms with E-state index in [0.717, 1.165) is 5.75 Å². The molecule has 1 atom stereocenters. The van der Waals surface area contributed by atoms with Crippen LogP contribution >= 0.6 is 0 Å². The molecule has 0 saturated heterocycles. The fraction of sp³-hybridized carbons (Fsp3) is 0.333. The van der Waals surface area contributed by atoms with Crippen LogP contribution in [0.4, 0.5) is 4.39 Å². The van der Waals surface area contributed by atoms with E-state index in [1.807, 2.05) is 12.1 Å². The van der Waals surface area contributed by atoms with E-state index in [-0.39, 0.29) is 12.4 Å². The quantitative estimate of drug-likeness (QED) is 0.888. The summed E-state index contributed by atoms with van der Waals surface area (Å²) in [5.74, 6) is 0.898. The van der Waals surface area contributed by atoms with Gasteiger partial charge in [0.05, 0.1) is 0 Å². The molecule has 0 fully saturated rings. The predicted molar refractivity (Wildman–Crippen MR) is 84.1 cm³/mol. The number of hydrogen-bond donors (Lipinski definition) is 1. The fourth-order valence-corrected chi connectivity index (χ4v) is 2.51. The van der Waals surface area contributed by atoms with Crippen LogP contribution in [-0.4, -0.2) is 6.54 Å². The third-order valence-corrected chi connectivity index (χ3v) is 3.61. The van der Waals surface area contributed by atoms with Crippen molar-refractivity contribution in [1.82, 2.24) is 0 Å². The first-order chi connectivity index (χ1) is 10.0. The van der Waals surface area contributed by atoms with Crippen LogP contribution in [0.25, 0.3) is 0 Å². The smallest absolute Gasteiger partial charge is 0.139 e. The molecule has 2 rings (SSSR count). The molecule has 0 amide bonds. The maximum atomic E-state index is 13.8. The zero-order chi connectivity index (χ0) is 15.4. The van der Waals surface area contributed by atoms with Crippen LogP contribution in [0.5, 0.6) is 5.75 Å². The third-order valence-electron chi connectivity index (χ3n) is 3.61. The minimum Gasteiger partial charge on any atom is -0.484 e. The average molecular weight is 287 g/mol. The molecule has 2 N–H and O–H groups in total. The van der Waals surface area contributed by atoms with Crippen molar-refractivity contribution in [1.29, 1.82) is 0 Å². The zero-order valence-corrected chi connectivity index (χ0v) is 12.8. The summed E-state index contributed by atoms with van der Waals surface area (Å²) in [6.45, 7) is 6.60. The van der Waals surface area contributed by atoms with Gasteiger partial charge in [-0.3, -0.25) is 0 Å². The van der Waals surface area contributed by atoms with E-state index in [1.165, 1.54) is 17.2 Å². The van der Waals surface area contributed by atoms with Gasteiger partial charge in [0.15, 0.2) is 0 Å². The van der Waals surface area contributed by atoms with Gasteiger partial charge in [-0.15, -0.1) is 0 Å². The van der Waals surface area contributed by atoms with Crippen molar-refractivity contribution in [2.45, 2.75) is 32.8 Å².